The fourth-order valence-electron chi connectivity index (χ4n) is 3.08. The lowest BCUT2D eigenvalue weighted by molar-refractivity contribution is 0.0697. The van der Waals surface area contributed by atoms with Crippen LogP contribution < -0.4 is 5.32 Å². The van der Waals surface area contributed by atoms with Gasteiger partial charge in [0, 0.05) is 36.3 Å². The first kappa shape index (κ1) is 14.0. The SMILES string of the molecule is CCNC1CCCN(C(=O)c2cccc3ncccc23)C1. The molecule has 0 spiro atoms. The average Bonchev–Trinajstić information content (AvgIpc) is 2.54. The normalized spacial score (nSPS) is 18.9. The first-order valence-electron chi connectivity index (χ1n) is 7.66. The highest BCUT2D eigenvalue weighted by molar-refractivity contribution is 6.06. The third-order valence-corrected chi connectivity index (χ3v) is 4.08. The Balaban J connectivity index is 1.86. The Morgan fingerprint density at radius 3 is 3.14 bits per heavy atom. The number of fused-ring (bicyclic) bond motifs is 1. The summed E-state index contributed by atoms with van der Waals surface area (Å²) in [5, 5.41) is 4.39. The maximum Gasteiger partial charge on any atom is 0.254 e. The van der Waals surface area contributed by atoms with Gasteiger partial charge in [0.15, 0.2) is 0 Å². The molecule has 0 bridgehead atoms. The summed E-state index contributed by atoms with van der Waals surface area (Å²) in [5.74, 6) is 0.121. The molecule has 1 N–H and O–H groups in total. The van der Waals surface area contributed by atoms with Crippen molar-refractivity contribution < 1.29 is 4.79 Å². The monoisotopic (exact) mass is 283 g/mol. The molecule has 1 amide bonds. The topological polar surface area (TPSA) is 45.2 Å². The van der Waals surface area contributed by atoms with Gasteiger partial charge in [-0.3, -0.25) is 9.78 Å². The molecule has 0 radical (unpaired) electrons. The number of pyridine rings is 1. The summed E-state index contributed by atoms with van der Waals surface area (Å²) >= 11 is 0. The van der Waals surface area contributed by atoms with Gasteiger partial charge in [0.05, 0.1) is 5.52 Å². The number of hydrogen-bond acceptors (Lipinski definition) is 3. The van der Waals surface area contributed by atoms with Crippen molar-refractivity contribution in [2.24, 2.45) is 0 Å². The minimum Gasteiger partial charge on any atom is -0.337 e. The molecule has 1 aromatic heterocycles. The first-order chi connectivity index (χ1) is 10.3. The molecule has 1 fully saturated rings. The lowest BCUT2D eigenvalue weighted by Gasteiger charge is -2.33. The van der Waals surface area contributed by atoms with Crippen molar-refractivity contribution in [2.45, 2.75) is 25.8 Å². The number of benzene rings is 1. The van der Waals surface area contributed by atoms with Gasteiger partial charge >= 0.3 is 0 Å². The second-order valence-electron chi connectivity index (χ2n) is 5.52. The van der Waals surface area contributed by atoms with Gasteiger partial charge in [0.2, 0.25) is 0 Å². The number of carbonyl (C=O) groups is 1. The van der Waals surface area contributed by atoms with E-state index in [0.29, 0.717) is 6.04 Å². The van der Waals surface area contributed by atoms with E-state index in [0.717, 1.165) is 48.9 Å². The van der Waals surface area contributed by atoms with Gasteiger partial charge in [-0.15, -0.1) is 0 Å². The van der Waals surface area contributed by atoms with Crippen LogP contribution in [0.2, 0.25) is 0 Å². The molecule has 3 rings (SSSR count). The number of carbonyl (C=O) groups excluding carboxylic acids is 1. The third-order valence-electron chi connectivity index (χ3n) is 4.08. The van der Waals surface area contributed by atoms with Crippen molar-refractivity contribution >= 4 is 16.8 Å². The van der Waals surface area contributed by atoms with Gasteiger partial charge in [-0.25, -0.2) is 0 Å². The van der Waals surface area contributed by atoms with Crippen LogP contribution >= 0.6 is 0 Å². The van der Waals surface area contributed by atoms with Crippen molar-refractivity contribution in [3.8, 4) is 0 Å². The van der Waals surface area contributed by atoms with Gasteiger partial charge in [-0.2, -0.15) is 0 Å². The Morgan fingerprint density at radius 2 is 2.29 bits per heavy atom. The van der Waals surface area contributed by atoms with Crippen LogP contribution in [0.3, 0.4) is 0 Å². The summed E-state index contributed by atoms with van der Waals surface area (Å²) in [7, 11) is 0. The number of hydrogen-bond donors (Lipinski definition) is 1. The Bertz CT molecular complexity index is 633. The van der Waals surface area contributed by atoms with Crippen LogP contribution in [-0.2, 0) is 0 Å². The number of aromatic nitrogens is 1. The van der Waals surface area contributed by atoms with Crippen LogP contribution in [0.5, 0.6) is 0 Å². The van der Waals surface area contributed by atoms with Gasteiger partial charge in [0.1, 0.15) is 0 Å². The number of piperidine rings is 1. The number of nitrogens with one attached hydrogen (secondary N) is 1. The summed E-state index contributed by atoms with van der Waals surface area (Å²) in [5.41, 5.74) is 1.64. The molecule has 1 aromatic carbocycles. The molecular formula is C17H21N3O. The van der Waals surface area contributed by atoms with E-state index in [4.69, 9.17) is 0 Å². The second kappa shape index (κ2) is 6.22. The lowest BCUT2D eigenvalue weighted by atomic mass is 10.0. The second-order valence-corrected chi connectivity index (χ2v) is 5.52. The fraction of sp³-hybridized carbons (Fsp3) is 0.412. The fourth-order valence-corrected chi connectivity index (χ4v) is 3.08. The van der Waals surface area contributed by atoms with Crippen LogP contribution in [0.1, 0.15) is 30.1 Å². The van der Waals surface area contributed by atoms with E-state index in [2.05, 4.69) is 17.2 Å². The number of likely N-dealkylation sites (N-methyl/N-ethyl adjacent to an activating group) is 1. The van der Waals surface area contributed by atoms with E-state index in [9.17, 15) is 4.79 Å². The van der Waals surface area contributed by atoms with Gasteiger partial charge in [-0.1, -0.05) is 19.1 Å². The molecule has 1 saturated heterocycles. The molecule has 0 saturated carbocycles. The molecular weight excluding hydrogens is 262 g/mol. The van der Waals surface area contributed by atoms with Crippen molar-refractivity contribution in [2.75, 3.05) is 19.6 Å². The molecule has 2 aromatic rings. The summed E-state index contributed by atoms with van der Waals surface area (Å²) in [6, 6.07) is 10.0. The molecule has 1 unspecified atom stereocenters. The molecule has 1 aliphatic heterocycles. The van der Waals surface area contributed by atoms with E-state index in [-0.39, 0.29) is 5.91 Å². The zero-order valence-corrected chi connectivity index (χ0v) is 12.4. The molecule has 2 heterocycles. The maximum atomic E-state index is 12.8. The van der Waals surface area contributed by atoms with Gasteiger partial charge in [-0.05, 0) is 37.6 Å². The highest BCUT2D eigenvalue weighted by atomic mass is 16.2. The predicted molar refractivity (Wildman–Crippen MR) is 84.3 cm³/mol. The number of nitrogens with zero attached hydrogens (tertiary/aromatic N) is 2. The van der Waals surface area contributed by atoms with Gasteiger partial charge in [0.25, 0.3) is 5.91 Å². The van der Waals surface area contributed by atoms with Crippen LogP contribution in [0.4, 0.5) is 0 Å². The van der Waals surface area contributed by atoms with E-state index < -0.39 is 0 Å². The van der Waals surface area contributed by atoms with E-state index in [1.807, 2.05) is 35.2 Å². The Kier molecular flexibility index (Phi) is 4.15. The minimum absolute atomic E-state index is 0.121. The van der Waals surface area contributed by atoms with Crippen LogP contribution in [0.15, 0.2) is 36.5 Å². The zero-order chi connectivity index (χ0) is 14.7. The van der Waals surface area contributed by atoms with Crippen molar-refractivity contribution in [3.63, 3.8) is 0 Å². The maximum absolute atomic E-state index is 12.8. The average molecular weight is 283 g/mol. The third kappa shape index (κ3) is 2.90. The summed E-state index contributed by atoms with van der Waals surface area (Å²) in [6.07, 6.45) is 3.97. The molecule has 0 aliphatic carbocycles. The predicted octanol–water partition coefficient (Wildman–Crippen LogP) is 2.45. The summed E-state index contributed by atoms with van der Waals surface area (Å²) < 4.78 is 0. The number of likely N-dealkylation sites (tertiary alicyclic amines) is 1. The van der Waals surface area contributed by atoms with E-state index in [1.165, 1.54) is 0 Å². The van der Waals surface area contributed by atoms with Crippen LogP contribution in [0, 0.1) is 0 Å². The van der Waals surface area contributed by atoms with E-state index >= 15 is 0 Å². The van der Waals surface area contributed by atoms with Crippen molar-refractivity contribution in [1.82, 2.24) is 15.2 Å². The lowest BCUT2D eigenvalue weighted by Crippen LogP contribution is -2.48. The minimum atomic E-state index is 0.121. The Labute approximate surface area is 125 Å². The molecule has 4 nitrogen and oxygen atoms in total. The van der Waals surface area contributed by atoms with Crippen LogP contribution in [-0.4, -0.2) is 41.5 Å². The molecule has 4 heteroatoms. The zero-order valence-electron chi connectivity index (χ0n) is 12.4. The summed E-state index contributed by atoms with van der Waals surface area (Å²) in [6.45, 7) is 4.70. The Hall–Kier alpha value is -1.94. The van der Waals surface area contributed by atoms with Gasteiger partial charge < -0.3 is 10.2 Å². The highest BCUT2D eigenvalue weighted by Crippen LogP contribution is 2.20. The molecule has 1 aliphatic rings. The highest BCUT2D eigenvalue weighted by Gasteiger charge is 2.24. The standard InChI is InChI=1S/C17H21N3O/c1-2-18-13-6-5-11-20(12-13)17(21)15-7-3-9-16-14(15)8-4-10-19-16/h3-4,7-10,13,18H,2,5-6,11-12H2,1H3. The quantitative estimate of drug-likeness (QED) is 0.941. The van der Waals surface area contributed by atoms with Crippen molar-refractivity contribution in [1.29, 1.82) is 0 Å². The van der Waals surface area contributed by atoms with Crippen LogP contribution in [0.25, 0.3) is 10.9 Å². The molecule has 110 valence electrons. The largest absolute Gasteiger partial charge is 0.337 e. The Morgan fingerprint density at radius 1 is 1.38 bits per heavy atom. The first-order valence-corrected chi connectivity index (χ1v) is 7.66. The summed E-state index contributed by atoms with van der Waals surface area (Å²) in [4.78, 5) is 19.1. The van der Waals surface area contributed by atoms with Crippen molar-refractivity contribution in [3.05, 3.63) is 42.1 Å². The smallest absolute Gasteiger partial charge is 0.254 e. The molecule has 21 heavy (non-hydrogen) atoms. The van der Waals surface area contributed by atoms with E-state index in [1.54, 1.807) is 6.20 Å². The molecule has 1 atom stereocenters. The number of rotatable bonds is 3. The number of amides is 1.